The number of aromatic nitrogens is 2. The molecule has 1 amide bonds. The van der Waals surface area contributed by atoms with Gasteiger partial charge in [0.2, 0.25) is 5.91 Å². The van der Waals surface area contributed by atoms with Gasteiger partial charge >= 0.3 is 0 Å². The van der Waals surface area contributed by atoms with E-state index in [1.165, 1.54) is 49.8 Å². The maximum absolute atomic E-state index is 12.1. The average molecular weight is 356 g/mol. The molecule has 25 heavy (non-hydrogen) atoms. The van der Waals surface area contributed by atoms with Gasteiger partial charge in [0.05, 0.1) is 18.3 Å². The minimum Gasteiger partial charge on any atom is -0.347 e. The molecule has 5 heteroatoms. The van der Waals surface area contributed by atoms with Gasteiger partial charge < -0.3 is 5.32 Å². The molecule has 1 fully saturated rings. The van der Waals surface area contributed by atoms with Crippen LogP contribution in [0.15, 0.2) is 23.6 Å². The van der Waals surface area contributed by atoms with Crippen LogP contribution in [0, 0.1) is 0 Å². The standard InChI is InChI=1S/C20H25N3OS/c24-20(12-11-16-8-5-13-25-16)21-14-18-17-9-3-4-10-19(17)23(22-18)15-6-1-2-7-15/h5,8,11-13,15H,1-4,6-7,9-10,14H2,(H,21,24). The van der Waals surface area contributed by atoms with Gasteiger partial charge in [-0.3, -0.25) is 9.48 Å². The molecule has 1 N–H and O–H groups in total. The van der Waals surface area contributed by atoms with E-state index in [0.29, 0.717) is 12.6 Å². The minimum atomic E-state index is -0.0478. The monoisotopic (exact) mass is 355 g/mol. The highest BCUT2D eigenvalue weighted by atomic mass is 32.1. The highest BCUT2D eigenvalue weighted by Crippen LogP contribution is 2.34. The van der Waals surface area contributed by atoms with Crippen LogP contribution in [0.4, 0.5) is 0 Å². The second-order valence-electron chi connectivity index (χ2n) is 7.03. The summed E-state index contributed by atoms with van der Waals surface area (Å²) in [6, 6.07) is 4.58. The number of carbonyl (C=O) groups excluding carboxylic acids is 1. The fourth-order valence-electron chi connectivity index (χ4n) is 4.07. The quantitative estimate of drug-likeness (QED) is 0.814. The number of fused-ring (bicyclic) bond motifs is 1. The van der Waals surface area contributed by atoms with Crippen LogP contribution < -0.4 is 5.32 Å². The van der Waals surface area contributed by atoms with Crippen molar-refractivity contribution >= 4 is 23.3 Å². The predicted molar refractivity (Wildman–Crippen MR) is 102 cm³/mol. The van der Waals surface area contributed by atoms with Gasteiger partial charge in [-0.25, -0.2) is 0 Å². The Morgan fingerprint density at radius 1 is 1.28 bits per heavy atom. The summed E-state index contributed by atoms with van der Waals surface area (Å²) in [4.78, 5) is 13.2. The fourth-order valence-corrected chi connectivity index (χ4v) is 4.69. The van der Waals surface area contributed by atoms with Crippen molar-refractivity contribution in [3.8, 4) is 0 Å². The first-order chi connectivity index (χ1) is 12.3. The molecule has 132 valence electrons. The van der Waals surface area contributed by atoms with Crippen molar-refractivity contribution < 1.29 is 4.79 Å². The first-order valence-electron chi connectivity index (χ1n) is 9.40. The molecule has 0 aromatic carbocycles. The lowest BCUT2D eigenvalue weighted by Gasteiger charge is -2.18. The van der Waals surface area contributed by atoms with E-state index in [4.69, 9.17) is 5.10 Å². The van der Waals surface area contributed by atoms with Gasteiger partial charge in [-0.2, -0.15) is 5.10 Å². The van der Waals surface area contributed by atoms with E-state index < -0.39 is 0 Å². The van der Waals surface area contributed by atoms with E-state index in [1.54, 1.807) is 17.4 Å². The molecule has 0 aliphatic heterocycles. The normalized spacial score (nSPS) is 17.9. The zero-order valence-electron chi connectivity index (χ0n) is 14.5. The Bertz CT molecular complexity index is 754. The van der Waals surface area contributed by atoms with Crippen LogP contribution in [0.2, 0.25) is 0 Å². The van der Waals surface area contributed by atoms with Gasteiger partial charge in [0.25, 0.3) is 0 Å². The summed E-state index contributed by atoms with van der Waals surface area (Å²) >= 11 is 1.63. The maximum Gasteiger partial charge on any atom is 0.244 e. The smallest absolute Gasteiger partial charge is 0.244 e. The van der Waals surface area contributed by atoms with Crippen molar-refractivity contribution in [1.29, 1.82) is 0 Å². The Morgan fingerprint density at radius 3 is 2.92 bits per heavy atom. The minimum absolute atomic E-state index is 0.0478. The van der Waals surface area contributed by atoms with E-state index in [0.717, 1.165) is 23.4 Å². The van der Waals surface area contributed by atoms with Crippen LogP contribution in [-0.4, -0.2) is 15.7 Å². The van der Waals surface area contributed by atoms with Gasteiger partial charge in [-0.15, -0.1) is 11.3 Å². The summed E-state index contributed by atoms with van der Waals surface area (Å²) in [6.45, 7) is 0.537. The van der Waals surface area contributed by atoms with Gasteiger partial charge in [-0.1, -0.05) is 18.9 Å². The molecule has 0 saturated heterocycles. The summed E-state index contributed by atoms with van der Waals surface area (Å²) in [6.07, 6.45) is 13.4. The summed E-state index contributed by atoms with van der Waals surface area (Å²) in [5, 5.41) is 9.97. The van der Waals surface area contributed by atoms with Crippen LogP contribution in [0.25, 0.3) is 6.08 Å². The molecule has 0 spiro atoms. The molecule has 2 heterocycles. The van der Waals surface area contributed by atoms with Crippen molar-refractivity contribution in [3.63, 3.8) is 0 Å². The van der Waals surface area contributed by atoms with E-state index in [2.05, 4.69) is 10.00 Å². The molecule has 4 rings (SSSR count). The Morgan fingerprint density at radius 2 is 2.12 bits per heavy atom. The van der Waals surface area contributed by atoms with Gasteiger partial charge in [0.15, 0.2) is 0 Å². The molecule has 1 saturated carbocycles. The Hall–Kier alpha value is -1.88. The molecular weight excluding hydrogens is 330 g/mol. The topological polar surface area (TPSA) is 46.9 Å². The lowest BCUT2D eigenvalue weighted by Crippen LogP contribution is -2.21. The van der Waals surface area contributed by atoms with Crippen molar-refractivity contribution in [2.24, 2.45) is 0 Å². The number of rotatable bonds is 5. The van der Waals surface area contributed by atoms with Crippen molar-refractivity contribution in [2.75, 3.05) is 0 Å². The third kappa shape index (κ3) is 3.71. The number of nitrogens with zero attached hydrogens (tertiary/aromatic N) is 2. The zero-order valence-corrected chi connectivity index (χ0v) is 15.4. The summed E-state index contributed by atoms with van der Waals surface area (Å²) in [5.41, 5.74) is 3.93. The molecule has 2 aromatic heterocycles. The van der Waals surface area contributed by atoms with Crippen LogP contribution in [0.3, 0.4) is 0 Å². The fraction of sp³-hybridized carbons (Fsp3) is 0.500. The molecule has 4 nitrogen and oxygen atoms in total. The third-order valence-electron chi connectivity index (χ3n) is 5.33. The highest BCUT2D eigenvalue weighted by Gasteiger charge is 2.26. The third-order valence-corrected chi connectivity index (χ3v) is 6.17. The molecule has 2 aromatic rings. The SMILES string of the molecule is O=C(C=Cc1cccs1)NCc1nn(C2CCCC2)c2c1CCCC2. The van der Waals surface area contributed by atoms with Crippen molar-refractivity contribution in [3.05, 3.63) is 45.4 Å². The average Bonchev–Trinajstić information content (AvgIpc) is 3.38. The molecule has 0 radical (unpaired) electrons. The van der Waals surface area contributed by atoms with Crippen LogP contribution >= 0.6 is 11.3 Å². The molecule has 0 bridgehead atoms. The predicted octanol–water partition coefficient (Wildman–Crippen LogP) is 4.27. The lowest BCUT2D eigenvalue weighted by atomic mass is 9.95. The summed E-state index contributed by atoms with van der Waals surface area (Å²) in [5.74, 6) is -0.0478. The maximum atomic E-state index is 12.1. The second-order valence-corrected chi connectivity index (χ2v) is 8.01. The van der Waals surface area contributed by atoms with E-state index >= 15 is 0 Å². The molecule has 0 atom stereocenters. The Kier molecular flexibility index (Phi) is 5.02. The zero-order chi connectivity index (χ0) is 17.1. The first kappa shape index (κ1) is 16.6. The number of hydrogen-bond acceptors (Lipinski definition) is 3. The first-order valence-corrected chi connectivity index (χ1v) is 10.3. The number of amides is 1. The lowest BCUT2D eigenvalue weighted by molar-refractivity contribution is -0.116. The molecule has 2 aliphatic rings. The Labute approximate surface area is 152 Å². The Balaban J connectivity index is 1.45. The highest BCUT2D eigenvalue weighted by molar-refractivity contribution is 7.10. The molecular formula is C20H25N3OS. The van der Waals surface area contributed by atoms with E-state index in [1.807, 2.05) is 23.6 Å². The number of carbonyl (C=O) groups is 1. The number of thiophene rings is 1. The molecule has 0 unspecified atom stereocenters. The largest absolute Gasteiger partial charge is 0.347 e. The van der Waals surface area contributed by atoms with Gasteiger partial charge in [-0.05, 0) is 61.6 Å². The van der Waals surface area contributed by atoms with Crippen molar-refractivity contribution in [2.45, 2.75) is 64.0 Å². The van der Waals surface area contributed by atoms with Crippen molar-refractivity contribution in [1.82, 2.24) is 15.1 Å². The van der Waals surface area contributed by atoms with Crippen LogP contribution in [-0.2, 0) is 24.2 Å². The van der Waals surface area contributed by atoms with E-state index in [-0.39, 0.29) is 5.91 Å². The van der Waals surface area contributed by atoms with Gasteiger partial charge in [0.1, 0.15) is 0 Å². The van der Waals surface area contributed by atoms with E-state index in [9.17, 15) is 4.79 Å². The van der Waals surface area contributed by atoms with Crippen LogP contribution in [0.1, 0.15) is 66.4 Å². The summed E-state index contributed by atoms with van der Waals surface area (Å²) < 4.78 is 2.31. The van der Waals surface area contributed by atoms with Gasteiger partial charge in [0, 0.05) is 16.6 Å². The number of hydrogen-bond donors (Lipinski definition) is 1. The number of nitrogens with one attached hydrogen (secondary N) is 1. The summed E-state index contributed by atoms with van der Waals surface area (Å²) in [7, 11) is 0. The molecule has 2 aliphatic carbocycles. The second kappa shape index (κ2) is 7.56. The van der Waals surface area contributed by atoms with Crippen LogP contribution in [0.5, 0.6) is 0 Å².